The zero-order valence-corrected chi connectivity index (χ0v) is 24.0. The Morgan fingerprint density at radius 3 is 2.37 bits per heavy atom. The molecular formula is C32H35N5O3S. The lowest BCUT2D eigenvalue weighted by Crippen LogP contribution is -2.31. The largest absolute Gasteiger partial charge is 0.354 e. The summed E-state index contributed by atoms with van der Waals surface area (Å²) in [5.74, 6) is 0.352. The van der Waals surface area contributed by atoms with Gasteiger partial charge in [0, 0.05) is 18.4 Å². The Bertz CT molecular complexity index is 1590. The summed E-state index contributed by atoms with van der Waals surface area (Å²) in [6.45, 7) is 2.61. The highest BCUT2D eigenvalue weighted by Crippen LogP contribution is 2.27. The summed E-state index contributed by atoms with van der Waals surface area (Å²) in [6, 6.07) is 24.2. The van der Waals surface area contributed by atoms with Crippen LogP contribution in [-0.2, 0) is 16.4 Å². The van der Waals surface area contributed by atoms with Crippen molar-refractivity contribution in [1.82, 2.24) is 14.7 Å². The van der Waals surface area contributed by atoms with E-state index in [9.17, 15) is 13.2 Å². The molecule has 8 nitrogen and oxygen atoms in total. The zero-order valence-electron chi connectivity index (χ0n) is 23.1. The quantitative estimate of drug-likeness (QED) is 0.207. The number of nitrogens with zero attached hydrogens (tertiary/aromatic N) is 2. The molecule has 212 valence electrons. The fourth-order valence-electron chi connectivity index (χ4n) is 5.05. The number of anilines is 3. The molecule has 4 aromatic rings. The number of nitrogens with one attached hydrogen (secondary N) is 3. The van der Waals surface area contributed by atoms with Crippen LogP contribution in [0, 0.1) is 12.8 Å². The van der Waals surface area contributed by atoms with Gasteiger partial charge in [-0.3, -0.25) is 4.79 Å². The van der Waals surface area contributed by atoms with Crippen molar-refractivity contribution in [1.29, 1.82) is 0 Å². The minimum Gasteiger partial charge on any atom is -0.354 e. The number of sulfonamides is 1. The van der Waals surface area contributed by atoms with E-state index in [0.29, 0.717) is 18.3 Å². The second-order valence-electron chi connectivity index (χ2n) is 10.5. The molecular weight excluding hydrogens is 534 g/mol. The molecule has 0 spiro atoms. The van der Waals surface area contributed by atoms with Crippen molar-refractivity contribution >= 4 is 33.4 Å². The Balaban J connectivity index is 1.43. The summed E-state index contributed by atoms with van der Waals surface area (Å²) in [5, 5.41) is 6.64. The second kappa shape index (κ2) is 13.0. The van der Waals surface area contributed by atoms with Gasteiger partial charge in [0.05, 0.1) is 4.90 Å². The molecule has 3 N–H and O–H groups in total. The first-order valence-corrected chi connectivity index (χ1v) is 15.5. The van der Waals surface area contributed by atoms with Crippen LogP contribution in [0.4, 0.5) is 17.5 Å². The fraction of sp³-hybridized carbons (Fsp3) is 0.281. The minimum atomic E-state index is -4.10. The lowest BCUT2D eigenvalue weighted by molar-refractivity contribution is 0.0981. The number of aryl methyl sites for hydroxylation is 1. The molecule has 9 heteroatoms. The van der Waals surface area contributed by atoms with Crippen molar-refractivity contribution in [2.24, 2.45) is 5.92 Å². The summed E-state index contributed by atoms with van der Waals surface area (Å²) in [5.41, 5.74) is 3.86. The third-order valence-electron chi connectivity index (χ3n) is 7.37. The molecule has 0 saturated heterocycles. The Morgan fingerprint density at radius 1 is 0.902 bits per heavy atom. The van der Waals surface area contributed by atoms with Crippen LogP contribution in [0.5, 0.6) is 0 Å². The monoisotopic (exact) mass is 569 g/mol. The number of hydrogen-bond donors (Lipinski definition) is 3. The van der Waals surface area contributed by atoms with Crippen molar-refractivity contribution in [3.05, 3.63) is 107 Å². The van der Waals surface area contributed by atoms with E-state index in [1.165, 1.54) is 50.4 Å². The average molecular weight is 570 g/mol. The first-order valence-electron chi connectivity index (χ1n) is 14.0. The van der Waals surface area contributed by atoms with Gasteiger partial charge in [0.25, 0.3) is 15.9 Å². The van der Waals surface area contributed by atoms with Gasteiger partial charge in [0.1, 0.15) is 11.4 Å². The van der Waals surface area contributed by atoms with E-state index in [4.69, 9.17) is 0 Å². The van der Waals surface area contributed by atoms with Crippen molar-refractivity contribution in [2.45, 2.75) is 50.3 Å². The molecule has 1 aliphatic rings. The predicted molar refractivity (Wildman–Crippen MR) is 162 cm³/mol. The molecule has 0 radical (unpaired) electrons. The van der Waals surface area contributed by atoms with Gasteiger partial charge in [-0.25, -0.2) is 18.1 Å². The van der Waals surface area contributed by atoms with Gasteiger partial charge in [-0.15, -0.1) is 0 Å². The molecule has 0 aliphatic heterocycles. The molecule has 1 fully saturated rings. The maximum absolute atomic E-state index is 13.4. The Labute approximate surface area is 241 Å². The van der Waals surface area contributed by atoms with Crippen molar-refractivity contribution in [2.75, 3.05) is 17.2 Å². The molecule has 1 aromatic heterocycles. The van der Waals surface area contributed by atoms with Crippen LogP contribution in [0.25, 0.3) is 0 Å². The summed E-state index contributed by atoms with van der Waals surface area (Å²) < 4.78 is 28.2. The smallest absolute Gasteiger partial charge is 0.270 e. The number of carbonyl (C=O) groups excluding carboxylic acids is 1. The van der Waals surface area contributed by atoms with Gasteiger partial charge in [-0.1, -0.05) is 85.5 Å². The molecule has 1 heterocycles. The fourth-order valence-corrected chi connectivity index (χ4v) is 6.01. The number of aromatic nitrogens is 2. The Morgan fingerprint density at radius 2 is 1.61 bits per heavy atom. The molecule has 1 aliphatic carbocycles. The summed E-state index contributed by atoms with van der Waals surface area (Å²) in [4.78, 5) is 22.4. The SMILES string of the molecule is Cc1ccc(S(=O)(=O)NC(=O)c2cnc(NCC3CCCCC3)nc2Nc2ccccc2Cc2ccccc2)cc1. The molecule has 41 heavy (non-hydrogen) atoms. The third kappa shape index (κ3) is 7.49. The number of carbonyl (C=O) groups is 1. The van der Waals surface area contributed by atoms with E-state index in [-0.39, 0.29) is 16.3 Å². The normalized spacial score (nSPS) is 13.9. The number of rotatable bonds is 10. The van der Waals surface area contributed by atoms with E-state index in [2.05, 4.69) is 37.5 Å². The Kier molecular flexibility index (Phi) is 8.94. The molecule has 0 bridgehead atoms. The highest BCUT2D eigenvalue weighted by molar-refractivity contribution is 7.90. The van der Waals surface area contributed by atoms with Crippen LogP contribution < -0.4 is 15.4 Å². The lowest BCUT2D eigenvalue weighted by atomic mass is 9.89. The molecule has 0 unspecified atom stereocenters. The molecule has 0 atom stereocenters. The van der Waals surface area contributed by atoms with Gasteiger partial charge in [-0.2, -0.15) is 4.98 Å². The summed E-state index contributed by atoms with van der Waals surface area (Å²) >= 11 is 0. The maximum atomic E-state index is 13.4. The number of para-hydroxylation sites is 1. The average Bonchev–Trinajstić information content (AvgIpc) is 2.98. The number of benzene rings is 3. The van der Waals surface area contributed by atoms with E-state index in [1.54, 1.807) is 12.1 Å². The zero-order chi connectivity index (χ0) is 28.7. The minimum absolute atomic E-state index is 0.00542. The van der Waals surface area contributed by atoms with Gasteiger partial charge >= 0.3 is 0 Å². The van der Waals surface area contributed by atoms with Gasteiger partial charge < -0.3 is 10.6 Å². The van der Waals surface area contributed by atoms with Crippen molar-refractivity contribution < 1.29 is 13.2 Å². The Hall–Kier alpha value is -4.24. The third-order valence-corrected chi connectivity index (χ3v) is 8.72. The van der Waals surface area contributed by atoms with E-state index >= 15 is 0 Å². The van der Waals surface area contributed by atoms with E-state index in [0.717, 1.165) is 28.9 Å². The van der Waals surface area contributed by atoms with Crippen LogP contribution in [0.15, 0.2) is 90.0 Å². The molecule has 3 aromatic carbocycles. The van der Waals surface area contributed by atoms with Gasteiger partial charge in [0.2, 0.25) is 5.95 Å². The summed E-state index contributed by atoms with van der Waals surface area (Å²) in [6.07, 6.45) is 8.12. The topological polar surface area (TPSA) is 113 Å². The maximum Gasteiger partial charge on any atom is 0.270 e. The predicted octanol–water partition coefficient (Wildman–Crippen LogP) is 6.23. The van der Waals surface area contributed by atoms with Crippen LogP contribution >= 0.6 is 0 Å². The van der Waals surface area contributed by atoms with Crippen LogP contribution in [0.3, 0.4) is 0 Å². The highest BCUT2D eigenvalue weighted by Gasteiger charge is 2.23. The number of hydrogen-bond acceptors (Lipinski definition) is 7. The van der Waals surface area contributed by atoms with E-state index < -0.39 is 15.9 Å². The second-order valence-corrected chi connectivity index (χ2v) is 12.2. The summed E-state index contributed by atoms with van der Waals surface area (Å²) in [7, 11) is -4.10. The standard InChI is InChI=1S/C32H35N5O3S/c1-23-16-18-27(19-17-23)41(39,40)37-31(38)28-22-34-32(33-21-25-12-6-3-7-13-25)36-30(28)35-29-15-9-8-14-26(29)20-24-10-4-2-5-11-24/h2,4-5,8-11,14-19,22,25H,3,6-7,12-13,20-21H2,1H3,(H,37,38)(H2,33,34,35,36). The highest BCUT2D eigenvalue weighted by atomic mass is 32.2. The van der Waals surface area contributed by atoms with Gasteiger partial charge in [0.15, 0.2) is 0 Å². The molecule has 5 rings (SSSR count). The van der Waals surface area contributed by atoms with Crippen molar-refractivity contribution in [3.63, 3.8) is 0 Å². The molecule has 1 amide bonds. The first-order chi connectivity index (χ1) is 19.9. The lowest BCUT2D eigenvalue weighted by Gasteiger charge is -2.22. The molecule has 1 saturated carbocycles. The van der Waals surface area contributed by atoms with E-state index in [1.807, 2.05) is 49.4 Å². The van der Waals surface area contributed by atoms with Crippen LogP contribution in [0.1, 0.15) is 59.2 Å². The van der Waals surface area contributed by atoms with Crippen LogP contribution in [0.2, 0.25) is 0 Å². The van der Waals surface area contributed by atoms with Crippen LogP contribution in [-0.4, -0.2) is 30.8 Å². The first kappa shape index (κ1) is 28.3. The van der Waals surface area contributed by atoms with Crippen molar-refractivity contribution in [3.8, 4) is 0 Å². The number of amides is 1. The van der Waals surface area contributed by atoms with Gasteiger partial charge in [-0.05, 0) is 61.4 Å².